The molecule has 2 N–H and O–H groups in total. The van der Waals surface area contributed by atoms with Gasteiger partial charge in [0.15, 0.2) is 0 Å². The highest BCUT2D eigenvalue weighted by molar-refractivity contribution is 7.97. The Labute approximate surface area is 195 Å². The van der Waals surface area contributed by atoms with E-state index in [-0.39, 0.29) is 6.03 Å². The van der Waals surface area contributed by atoms with E-state index in [0.717, 1.165) is 64.4 Å². The highest BCUT2D eigenvalue weighted by Crippen LogP contribution is 2.40. The second-order valence-corrected chi connectivity index (χ2v) is 9.29. The second kappa shape index (κ2) is 8.24. The summed E-state index contributed by atoms with van der Waals surface area (Å²) in [6.07, 6.45) is 6.87. The summed E-state index contributed by atoms with van der Waals surface area (Å²) in [5.74, 6) is 0. The predicted octanol–water partition coefficient (Wildman–Crippen LogP) is 4.35. The van der Waals surface area contributed by atoms with Gasteiger partial charge in [-0.05, 0) is 72.7 Å². The van der Waals surface area contributed by atoms with Crippen LogP contribution in [-0.2, 0) is 30.7 Å². The van der Waals surface area contributed by atoms with Crippen molar-refractivity contribution in [3.05, 3.63) is 65.1 Å². The minimum atomic E-state index is -0.256. The van der Waals surface area contributed by atoms with E-state index in [0.29, 0.717) is 13.2 Å². The number of hydrogen-bond acceptors (Lipinski definition) is 5. The number of aromatic nitrogens is 4. The quantitative estimate of drug-likeness (QED) is 0.442. The van der Waals surface area contributed by atoms with Gasteiger partial charge in [0.25, 0.3) is 0 Å². The normalized spacial score (nSPS) is 14.8. The molecule has 1 aromatic carbocycles. The number of aryl methyl sites for hydroxylation is 2. The molecule has 0 saturated heterocycles. The first-order chi connectivity index (χ1) is 16.2. The molecular formula is C24H24N6O2S. The molecule has 4 aromatic rings. The molecule has 1 aliphatic heterocycles. The fourth-order valence-corrected chi connectivity index (χ4v) is 5.42. The summed E-state index contributed by atoms with van der Waals surface area (Å²) in [5.41, 5.74) is 8.80. The summed E-state index contributed by atoms with van der Waals surface area (Å²) in [7, 11) is 0. The summed E-state index contributed by atoms with van der Waals surface area (Å²) in [5, 5.41) is 12.8. The number of ether oxygens (including phenoxy) is 1. The van der Waals surface area contributed by atoms with E-state index in [1.165, 1.54) is 23.1 Å². The van der Waals surface area contributed by atoms with Gasteiger partial charge in [0.1, 0.15) is 5.03 Å². The number of amides is 2. The Bertz CT molecular complexity index is 1350. The largest absolute Gasteiger partial charge is 0.373 e. The topological polar surface area (TPSA) is 85.5 Å². The lowest BCUT2D eigenvalue weighted by atomic mass is 9.93. The smallest absolute Gasteiger partial charge is 0.329 e. The van der Waals surface area contributed by atoms with Gasteiger partial charge < -0.3 is 10.1 Å². The Morgan fingerprint density at radius 2 is 2.15 bits per heavy atom. The molecule has 0 saturated carbocycles. The zero-order valence-corrected chi connectivity index (χ0v) is 19.1. The summed E-state index contributed by atoms with van der Waals surface area (Å²) < 4.78 is 12.2. The number of carbonyl (C=O) groups is 1. The summed E-state index contributed by atoms with van der Waals surface area (Å²) in [6.45, 7) is 4.07. The van der Waals surface area contributed by atoms with Crippen LogP contribution in [0.3, 0.4) is 0 Å². The molecule has 0 spiro atoms. The van der Waals surface area contributed by atoms with Crippen LogP contribution in [0.25, 0.3) is 16.6 Å². The molecular weight excluding hydrogens is 436 g/mol. The molecule has 6 rings (SSSR count). The van der Waals surface area contributed by atoms with Crippen molar-refractivity contribution in [1.82, 2.24) is 24.1 Å². The number of fused-ring (bicyclic) bond motifs is 3. The van der Waals surface area contributed by atoms with E-state index >= 15 is 0 Å². The predicted molar refractivity (Wildman–Crippen MR) is 127 cm³/mol. The van der Waals surface area contributed by atoms with Crippen LogP contribution >= 0.6 is 11.9 Å². The number of nitrogens with zero attached hydrogens (tertiary/aromatic N) is 4. The van der Waals surface area contributed by atoms with Crippen molar-refractivity contribution in [3.8, 4) is 11.1 Å². The third-order valence-corrected chi connectivity index (χ3v) is 7.01. The monoisotopic (exact) mass is 460 g/mol. The van der Waals surface area contributed by atoms with Crippen LogP contribution in [0.5, 0.6) is 0 Å². The van der Waals surface area contributed by atoms with Crippen LogP contribution in [0.15, 0.2) is 47.8 Å². The minimum absolute atomic E-state index is 0.256. The van der Waals surface area contributed by atoms with Crippen LogP contribution in [0.4, 0.5) is 10.5 Å². The van der Waals surface area contributed by atoms with Gasteiger partial charge in [-0.15, -0.1) is 0 Å². The van der Waals surface area contributed by atoms with Gasteiger partial charge in [-0.25, -0.2) is 9.31 Å². The van der Waals surface area contributed by atoms with E-state index in [2.05, 4.69) is 45.4 Å². The van der Waals surface area contributed by atoms with Crippen molar-refractivity contribution < 1.29 is 9.53 Å². The van der Waals surface area contributed by atoms with Gasteiger partial charge in [-0.1, -0.05) is 6.07 Å². The lowest BCUT2D eigenvalue weighted by Gasteiger charge is -2.19. The van der Waals surface area contributed by atoms with Gasteiger partial charge in [0.2, 0.25) is 0 Å². The van der Waals surface area contributed by atoms with E-state index < -0.39 is 0 Å². The number of anilines is 1. The first-order valence-corrected chi connectivity index (χ1v) is 11.9. The number of nitrogens with one attached hydrogen (secondary N) is 2. The van der Waals surface area contributed by atoms with Crippen molar-refractivity contribution in [1.29, 1.82) is 0 Å². The lowest BCUT2D eigenvalue weighted by molar-refractivity contribution is 0.0799. The van der Waals surface area contributed by atoms with Crippen LogP contribution in [-0.4, -0.2) is 32.0 Å². The van der Waals surface area contributed by atoms with Gasteiger partial charge >= 0.3 is 6.03 Å². The minimum Gasteiger partial charge on any atom is -0.373 e. The molecule has 3 aromatic heterocycles. The van der Waals surface area contributed by atoms with Gasteiger partial charge in [0, 0.05) is 29.9 Å². The van der Waals surface area contributed by atoms with Crippen molar-refractivity contribution in [2.45, 2.75) is 44.4 Å². The fourth-order valence-electron chi connectivity index (χ4n) is 4.83. The van der Waals surface area contributed by atoms with Crippen LogP contribution in [0, 0.1) is 6.92 Å². The van der Waals surface area contributed by atoms with Gasteiger partial charge in [0.05, 0.1) is 36.7 Å². The standard InChI is InChI=1S/C24H24N6O2S/c1-15-11-16-3-2-4-20(16)23(22(15)17-6-8-29-18(12-17)5-7-25-29)26-24(31)28-33-21-13-19-14-32-10-9-30(19)27-21/h5-8,11-13H,2-4,9-10,14H2,1H3,(H2,26,28,31). The van der Waals surface area contributed by atoms with Crippen molar-refractivity contribution in [2.75, 3.05) is 11.9 Å². The highest BCUT2D eigenvalue weighted by atomic mass is 32.2. The number of benzene rings is 1. The van der Waals surface area contributed by atoms with Crippen LogP contribution in [0.2, 0.25) is 0 Å². The summed E-state index contributed by atoms with van der Waals surface area (Å²) in [6, 6.07) is 10.1. The number of hydrogen-bond donors (Lipinski definition) is 2. The maximum atomic E-state index is 13.0. The average Bonchev–Trinajstić information content (AvgIpc) is 3.55. The zero-order valence-electron chi connectivity index (χ0n) is 18.3. The third-order valence-electron chi connectivity index (χ3n) is 6.31. The molecule has 2 amide bonds. The Morgan fingerprint density at radius 3 is 3.06 bits per heavy atom. The second-order valence-electron chi connectivity index (χ2n) is 8.46. The first-order valence-electron chi connectivity index (χ1n) is 11.1. The van der Waals surface area contributed by atoms with Crippen LogP contribution < -0.4 is 10.0 Å². The summed E-state index contributed by atoms with van der Waals surface area (Å²) in [4.78, 5) is 13.0. The maximum Gasteiger partial charge on any atom is 0.329 e. The SMILES string of the molecule is Cc1cc2c(c(NC(=O)NSc3cc4n(n3)CCOC4)c1-c1ccn3nccc3c1)CCC2. The first kappa shape index (κ1) is 20.3. The molecule has 0 unspecified atom stereocenters. The highest BCUT2D eigenvalue weighted by Gasteiger charge is 2.23. The Balaban J connectivity index is 1.29. The number of rotatable bonds is 4. The van der Waals surface area contributed by atoms with Crippen LogP contribution in [0.1, 0.15) is 28.8 Å². The number of urea groups is 1. The lowest BCUT2D eigenvalue weighted by Crippen LogP contribution is -2.24. The van der Waals surface area contributed by atoms with Crippen molar-refractivity contribution >= 4 is 29.2 Å². The molecule has 0 fully saturated rings. The van der Waals surface area contributed by atoms with E-state index in [1.54, 1.807) is 6.20 Å². The summed E-state index contributed by atoms with van der Waals surface area (Å²) >= 11 is 1.22. The zero-order chi connectivity index (χ0) is 22.4. The molecule has 0 atom stereocenters. The number of carbonyl (C=O) groups excluding carboxylic acids is 1. The van der Waals surface area contributed by atoms with Gasteiger partial charge in [-0.2, -0.15) is 10.2 Å². The molecule has 9 heteroatoms. The van der Waals surface area contributed by atoms with Gasteiger partial charge in [-0.3, -0.25) is 9.40 Å². The Kier molecular flexibility index (Phi) is 5.07. The van der Waals surface area contributed by atoms with E-state index in [9.17, 15) is 4.79 Å². The maximum absolute atomic E-state index is 13.0. The van der Waals surface area contributed by atoms with Crippen molar-refractivity contribution in [3.63, 3.8) is 0 Å². The molecule has 0 radical (unpaired) electrons. The molecule has 0 bridgehead atoms. The Morgan fingerprint density at radius 1 is 1.21 bits per heavy atom. The molecule has 2 aliphatic rings. The van der Waals surface area contributed by atoms with Crippen molar-refractivity contribution in [2.24, 2.45) is 0 Å². The molecule has 33 heavy (non-hydrogen) atoms. The third kappa shape index (κ3) is 3.77. The van der Waals surface area contributed by atoms with E-state index in [1.807, 2.05) is 27.5 Å². The molecule has 8 nitrogen and oxygen atoms in total. The van der Waals surface area contributed by atoms with E-state index in [4.69, 9.17) is 4.74 Å². The molecule has 168 valence electrons. The number of pyridine rings is 1. The fraction of sp³-hybridized carbons (Fsp3) is 0.292. The molecule has 4 heterocycles. The average molecular weight is 461 g/mol. The molecule has 1 aliphatic carbocycles. The Hall–Kier alpha value is -3.30.